The first kappa shape index (κ1) is 19.4. The van der Waals surface area contributed by atoms with E-state index in [4.69, 9.17) is 4.74 Å². The molecule has 3 N–H and O–H groups in total. The molecule has 144 valence electrons. The second-order valence-corrected chi connectivity index (χ2v) is 6.63. The summed E-state index contributed by atoms with van der Waals surface area (Å²) in [5.74, 6) is 1.09. The van der Waals surface area contributed by atoms with Gasteiger partial charge in [0.2, 0.25) is 11.1 Å². The minimum absolute atomic E-state index is 0.143. The van der Waals surface area contributed by atoms with Crippen LogP contribution in [0.25, 0.3) is 11.4 Å². The van der Waals surface area contributed by atoms with Crippen LogP contribution in [0.2, 0.25) is 0 Å². The van der Waals surface area contributed by atoms with Gasteiger partial charge in [-0.25, -0.2) is 4.98 Å². The molecule has 0 aliphatic heterocycles. The Bertz CT molecular complexity index is 972. The molecule has 0 aliphatic rings. The van der Waals surface area contributed by atoms with Crippen LogP contribution in [0.15, 0.2) is 53.7 Å². The van der Waals surface area contributed by atoms with Crippen molar-refractivity contribution in [1.82, 2.24) is 20.5 Å². The molecule has 0 fully saturated rings. The van der Waals surface area contributed by atoms with Gasteiger partial charge in [-0.3, -0.25) is 14.7 Å². The number of anilines is 1. The Balaban J connectivity index is 1.56. The van der Waals surface area contributed by atoms with Crippen LogP contribution in [0.1, 0.15) is 10.4 Å². The predicted octanol–water partition coefficient (Wildman–Crippen LogP) is 2.57. The molecule has 3 rings (SSSR count). The van der Waals surface area contributed by atoms with Crippen molar-refractivity contribution < 1.29 is 14.3 Å². The number of thioether (sulfide) groups is 1. The minimum atomic E-state index is -0.213. The zero-order valence-corrected chi connectivity index (χ0v) is 16.2. The summed E-state index contributed by atoms with van der Waals surface area (Å²) >= 11 is 1.22. The third-order valence-corrected chi connectivity index (χ3v) is 4.64. The Morgan fingerprint density at radius 1 is 1.18 bits per heavy atom. The molecular weight excluding hydrogens is 378 g/mol. The van der Waals surface area contributed by atoms with Gasteiger partial charge in [-0.15, -0.1) is 5.10 Å². The quantitative estimate of drug-likeness (QED) is 0.529. The van der Waals surface area contributed by atoms with Crippen LogP contribution in [0.5, 0.6) is 5.75 Å². The first-order chi connectivity index (χ1) is 13.6. The van der Waals surface area contributed by atoms with Crippen molar-refractivity contribution in [3.63, 3.8) is 0 Å². The fourth-order valence-corrected chi connectivity index (χ4v) is 3.00. The number of nitrogens with zero attached hydrogens (tertiary/aromatic N) is 2. The van der Waals surface area contributed by atoms with Gasteiger partial charge in [0.05, 0.1) is 12.9 Å². The second-order valence-electron chi connectivity index (χ2n) is 5.69. The van der Waals surface area contributed by atoms with Crippen molar-refractivity contribution in [3.05, 3.63) is 54.1 Å². The molecule has 0 aliphatic carbocycles. The number of ether oxygens (including phenoxy) is 1. The summed E-state index contributed by atoms with van der Waals surface area (Å²) in [5.41, 5.74) is 1.90. The number of hydrogen-bond donors (Lipinski definition) is 3. The molecule has 8 nitrogen and oxygen atoms in total. The van der Waals surface area contributed by atoms with Gasteiger partial charge in [0, 0.05) is 23.9 Å². The first-order valence-corrected chi connectivity index (χ1v) is 9.39. The monoisotopic (exact) mass is 397 g/mol. The van der Waals surface area contributed by atoms with Gasteiger partial charge in [0.15, 0.2) is 5.82 Å². The van der Waals surface area contributed by atoms with E-state index in [1.807, 2.05) is 24.3 Å². The summed E-state index contributed by atoms with van der Waals surface area (Å²) in [7, 11) is 3.17. The van der Waals surface area contributed by atoms with E-state index in [9.17, 15) is 9.59 Å². The lowest BCUT2D eigenvalue weighted by Gasteiger charge is -2.06. The number of hydrogen-bond acceptors (Lipinski definition) is 6. The van der Waals surface area contributed by atoms with Crippen LogP contribution in [-0.2, 0) is 4.79 Å². The third kappa shape index (κ3) is 4.89. The molecule has 0 unspecified atom stereocenters. The summed E-state index contributed by atoms with van der Waals surface area (Å²) < 4.78 is 5.13. The molecule has 0 radical (unpaired) electrons. The van der Waals surface area contributed by atoms with Gasteiger partial charge in [-0.1, -0.05) is 17.8 Å². The van der Waals surface area contributed by atoms with Gasteiger partial charge < -0.3 is 15.4 Å². The summed E-state index contributed by atoms with van der Waals surface area (Å²) in [6, 6.07) is 14.2. The van der Waals surface area contributed by atoms with Gasteiger partial charge in [0.1, 0.15) is 5.75 Å². The maximum atomic E-state index is 12.2. The zero-order chi connectivity index (χ0) is 19.9. The van der Waals surface area contributed by atoms with Crippen molar-refractivity contribution in [2.24, 2.45) is 0 Å². The van der Waals surface area contributed by atoms with Crippen molar-refractivity contribution in [2.75, 3.05) is 25.2 Å². The lowest BCUT2D eigenvalue weighted by molar-refractivity contribution is -0.113. The predicted molar refractivity (Wildman–Crippen MR) is 108 cm³/mol. The van der Waals surface area contributed by atoms with E-state index >= 15 is 0 Å². The van der Waals surface area contributed by atoms with Crippen molar-refractivity contribution in [3.8, 4) is 17.1 Å². The smallest absolute Gasteiger partial charge is 0.251 e. The summed E-state index contributed by atoms with van der Waals surface area (Å²) in [4.78, 5) is 28.2. The maximum Gasteiger partial charge on any atom is 0.251 e. The molecule has 0 bridgehead atoms. The number of rotatable bonds is 7. The highest BCUT2D eigenvalue weighted by Crippen LogP contribution is 2.22. The highest BCUT2D eigenvalue weighted by molar-refractivity contribution is 7.99. The summed E-state index contributed by atoms with van der Waals surface area (Å²) in [5, 5.41) is 12.8. The van der Waals surface area contributed by atoms with Crippen LogP contribution in [0.4, 0.5) is 5.69 Å². The van der Waals surface area contributed by atoms with E-state index in [0.29, 0.717) is 22.2 Å². The number of H-pyrrole nitrogens is 1. The average molecular weight is 397 g/mol. The Morgan fingerprint density at radius 3 is 2.68 bits per heavy atom. The lowest BCUT2D eigenvalue weighted by Crippen LogP contribution is -2.19. The Kier molecular flexibility index (Phi) is 6.28. The average Bonchev–Trinajstić information content (AvgIpc) is 3.21. The van der Waals surface area contributed by atoms with E-state index < -0.39 is 0 Å². The number of aromatic amines is 1. The fraction of sp³-hybridized carbons (Fsp3) is 0.158. The topological polar surface area (TPSA) is 109 Å². The van der Waals surface area contributed by atoms with Gasteiger partial charge in [-0.2, -0.15) is 0 Å². The molecular formula is C19H19N5O3S. The molecule has 0 atom stereocenters. The van der Waals surface area contributed by atoms with Crippen molar-refractivity contribution in [1.29, 1.82) is 0 Å². The SMILES string of the molecule is CNC(=O)c1cccc(NC(=O)CSc2n[nH]c(-c3ccc(OC)cc3)n2)c1. The van der Waals surface area contributed by atoms with Crippen LogP contribution in [0, 0.1) is 0 Å². The van der Waals surface area contributed by atoms with E-state index in [1.165, 1.54) is 11.8 Å². The fourth-order valence-electron chi connectivity index (χ4n) is 2.40. The number of nitrogens with one attached hydrogen (secondary N) is 3. The Morgan fingerprint density at radius 2 is 1.96 bits per heavy atom. The molecule has 0 spiro atoms. The van der Waals surface area contributed by atoms with Gasteiger partial charge >= 0.3 is 0 Å². The van der Waals surface area contributed by atoms with Crippen LogP contribution >= 0.6 is 11.8 Å². The summed E-state index contributed by atoms with van der Waals surface area (Å²) in [6.07, 6.45) is 0. The van der Waals surface area contributed by atoms with Crippen molar-refractivity contribution >= 4 is 29.3 Å². The maximum absolute atomic E-state index is 12.2. The molecule has 2 aromatic carbocycles. The second kappa shape index (κ2) is 9.05. The standard InChI is InChI=1S/C19H19N5O3S/c1-20-18(26)13-4-3-5-14(10-13)21-16(25)11-28-19-22-17(23-24-19)12-6-8-15(27-2)9-7-12/h3-10H,11H2,1-2H3,(H,20,26)(H,21,25)(H,22,23,24). The number of benzene rings is 2. The zero-order valence-electron chi connectivity index (χ0n) is 15.4. The molecule has 1 aromatic heterocycles. The molecule has 1 heterocycles. The number of amides is 2. The molecule has 0 saturated carbocycles. The normalized spacial score (nSPS) is 10.4. The molecule has 2 amide bonds. The Hall–Kier alpha value is -3.33. The number of carbonyl (C=O) groups is 2. The van der Waals surface area contributed by atoms with Crippen LogP contribution in [0.3, 0.4) is 0 Å². The van der Waals surface area contributed by atoms with Crippen LogP contribution < -0.4 is 15.4 Å². The summed E-state index contributed by atoms with van der Waals surface area (Å²) in [6.45, 7) is 0. The highest BCUT2D eigenvalue weighted by atomic mass is 32.2. The minimum Gasteiger partial charge on any atom is -0.497 e. The van der Waals surface area contributed by atoms with E-state index in [2.05, 4.69) is 25.8 Å². The number of aromatic nitrogens is 3. The molecule has 0 saturated heterocycles. The first-order valence-electron chi connectivity index (χ1n) is 8.40. The number of carbonyl (C=O) groups excluding carboxylic acids is 2. The van der Waals surface area contributed by atoms with E-state index in [-0.39, 0.29) is 17.6 Å². The largest absolute Gasteiger partial charge is 0.497 e. The number of methoxy groups -OCH3 is 1. The molecule has 28 heavy (non-hydrogen) atoms. The highest BCUT2D eigenvalue weighted by Gasteiger charge is 2.10. The van der Waals surface area contributed by atoms with E-state index in [1.54, 1.807) is 38.4 Å². The van der Waals surface area contributed by atoms with E-state index in [0.717, 1.165) is 11.3 Å². The third-order valence-electron chi connectivity index (χ3n) is 3.80. The molecule has 9 heteroatoms. The van der Waals surface area contributed by atoms with Crippen LogP contribution in [-0.4, -0.2) is 46.9 Å². The lowest BCUT2D eigenvalue weighted by atomic mass is 10.2. The Labute approximate surface area is 166 Å². The van der Waals surface area contributed by atoms with Gasteiger partial charge in [0.25, 0.3) is 5.91 Å². The van der Waals surface area contributed by atoms with Gasteiger partial charge in [-0.05, 0) is 42.5 Å². The molecule has 3 aromatic rings. The van der Waals surface area contributed by atoms with Crippen molar-refractivity contribution in [2.45, 2.75) is 5.16 Å².